The Morgan fingerprint density at radius 1 is 0.542 bits per heavy atom. The van der Waals surface area contributed by atoms with E-state index in [1.807, 2.05) is 0 Å². The van der Waals surface area contributed by atoms with Gasteiger partial charge in [-0.05, 0) is 0 Å². The molecule has 0 aliphatic rings. The van der Waals surface area contributed by atoms with Gasteiger partial charge in [0.2, 0.25) is 0 Å². The largest absolute Gasteiger partial charge is 1.00 e. The Hall–Kier alpha value is 7.39. The second-order valence-electron chi connectivity index (χ2n) is 2.25. The van der Waals surface area contributed by atoms with Gasteiger partial charge in [-0.25, -0.2) is 0 Å². The molecule has 0 spiro atoms. The van der Waals surface area contributed by atoms with Gasteiger partial charge in [0.1, 0.15) is 0 Å². The van der Waals surface area contributed by atoms with E-state index in [0.717, 1.165) is 29.8 Å². The van der Waals surface area contributed by atoms with Crippen LogP contribution in [-0.4, -0.2) is 0 Å². The third-order valence-corrected chi connectivity index (χ3v) is 4.89. The average Bonchev–Trinajstić information content (AvgIpc) is 2.34. The van der Waals surface area contributed by atoms with Crippen molar-refractivity contribution in [3.8, 4) is 29.8 Å². The first-order valence-electron chi connectivity index (χ1n) is 3.13. The van der Waals surface area contributed by atoms with Crippen LogP contribution in [0.2, 0.25) is 0 Å². The maximum Gasteiger partial charge on any atom is 1.00 e. The fourth-order valence-corrected chi connectivity index (χ4v) is 1.09. The number of phosphoric acid groups is 1. The van der Waals surface area contributed by atoms with E-state index in [4.69, 9.17) is 50.8 Å². The molecular formula is C6FeK6N6O4P. The van der Waals surface area contributed by atoms with Gasteiger partial charge in [-0.1, -0.05) is 0 Å². The summed E-state index contributed by atoms with van der Waals surface area (Å²) in [6.07, 6.45) is 0. The summed E-state index contributed by atoms with van der Waals surface area (Å²) in [6, 6.07) is 0. The molecule has 0 aromatic carbocycles. The molecule has 0 radical (unpaired) electrons. The third kappa shape index (κ3) is 16.9. The molecule has 18 heteroatoms. The second-order valence-corrected chi connectivity index (χ2v) is 8.76. The number of rotatable bonds is 0. The van der Waals surface area contributed by atoms with Gasteiger partial charge in [-0.3, -0.25) is 0 Å². The minimum Gasteiger partial charge on any atom is -0.822 e. The standard InChI is InChI=1S/6CN.Fe.6K.H3O4P/c6*1-2;;;;;;;;1-5(2,3)4/h;;;;;;;;;;;;;(H3,1,2,3,4)/q;;;;;;-3;6*+1;/p-3. The molecule has 24 heavy (non-hydrogen) atoms. The molecule has 0 unspecified atom stereocenters. The fourth-order valence-electron chi connectivity index (χ4n) is 0.265. The molecule has 0 bridgehead atoms. The van der Waals surface area contributed by atoms with Crippen molar-refractivity contribution >= 4 is 7.82 Å². The molecule has 0 rings (SSSR count). The zero-order chi connectivity index (χ0) is 15.2. The third-order valence-electron chi connectivity index (χ3n) is 1.19. The Morgan fingerprint density at radius 2 is 0.625 bits per heavy atom. The summed E-state index contributed by atoms with van der Waals surface area (Å²) in [5.74, 6) is 0. The SMILES string of the molecule is N#[C][Fe-3]([C]#N)([C]#N)([C]#N)([C]#N)[C]#N.O=P([O-])([O-])[O-].[K+].[K+].[K+].[K+].[K+].[K+]. The summed E-state index contributed by atoms with van der Waals surface area (Å²) in [5.41, 5.74) is 0. The molecule has 0 saturated carbocycles. The molecule has 0 saturated heterocycles. The minimum atomic E-state index is -6.17. The van der Waals surface area contributed by atoms with E-state index in [1.54, 1.807) is 0 Å². The normalized spacial score (nSPS) is 9.71. The van der Waals surface area contributed by atoms with Crippen LogP contribution >= 0.6 is 7.82 Å². The van der Waals surface area contributed by atoms with Crippen LogP contribution in [0, 0.1) is 61.4 Å². The monoisotopic (exact) mass is 541 g/mol. The molecule has 0 aliphatic heterocycles. The van der Waals surface area contributed by atoms with Gasteiger partial charge in [-0.15, -0.1) is 0 Å². The van der Waals surface area contributed by atoms with Crippen molar-refractivity contribution in [3.63, 3.8) is 0 Å². The topological polar surface area (TPSA) is 229 Å². The Labute approximate surface area is 393 Å². The van der Waals surface area contributed by atoms with E-state index in [9.17, 15) is 0 Å². The Bertz CT molecular complexity index is 550. The molecule has 0 aliphatic carbocycles. The number of nitrogens with zero attached hydrogens (tertiary/aromatic N) is 6. The van der Waals surface area contributed by atoms with Crippen molar-refractivity contribution in [2.45, 2.75) is 0 Å². The number of hydrogen-bond acceptors (Lipinski definition) is 10. The summed E-state index contributed by atoms with van der Waals surface area (Å²) in [6.45, 7) is 0. The molecule has 0 amide bonds. The van der Waals surface area contributed by atoms with E-state index in [2.05, 4.69) is 0 Å². The second kappa shape index (κ2) is 22.2. The van der Waals surface area contributed by atoms with Crippen LogP contribution in [0.4, 0.5) is 0 Å². The molecule has 0 atom stereocenters. The van der Waals surface area contributed by atoms with Crippen LogP contribution in [0.5, 0.6) is 0 Å². The summed E-state index contributed by atoms with van der Waals surface area (Å²) in [5, 5.41) is 51.5. The van der Waals surface area contributed by atoms with E-state index >= 15 is 0 Å². The molecule has 0 N–H and O–H groups in total. The van der Waals surface area contributed by atoms with Gasteiger partial charge < -0.3 is 19.2 Å². The van der Waals surface area contributed by atoms with Gasteiger partial charge in [-0.2, -0.15) is 7.82 Å². The summed E-state index contributed by atoms with van der Waals surface area (Å²) >= 11 is 0. The fraction of sp³-hybridized carbons (Fsp3) is 0. The smallest absolute Gasteiger partial charge is 0.822 e. The van der Waals surface area contributed by atoms with Crippen molar-refractivity contribution in [1.29, 1.82) is 31.6 Å². The van der Waals surface area contributed by atoms with Gasteiger partial charge in [0.25, 0.3) is 0 Å². The van der Waals surface area contributed by atoms with Gasteiger partial charge in [0.15, 0.2) is 0 Å². The average molecular weight is 542 g/mol. The zero-order valence-corrected chi connectivity index (χ0v) is 34.9. The first-order chi connectivity index (χ1) is 7.97. The van der Waals surface area contributed by atoms with Gasteiger partial charge in [0, 0.05) is 0 Å². The summed E-state index contributed by atoms with van der Waals surface area (Å²) in [7, 11) is -11.6. The van der Waals surface area contributed by atoms with Crippen molar-refractivity contribution in [3.05, 3.63) is 0 Å². The predicted molar refractivity (Wildman–Crippen MR) is 41.3 cm³/mol. The molecule has 0 heterocycles. The number of hydrogen-bond donors (Lipinski definition) is 0. The van der Waals surface area contributed by atoms with Crippen LogP contribution in [0.3, 0.4) is 0 Å². The quantitative estimate of drug-likeness (QED) is 0.208. The first kappa shape index (κ1) is 53.0. The maximum absolute atomic E-state index is 8.58. The van der Waals surface area contributed by atoms with Crippen molar-refractivity contribution in [1.82, 2.24) is 0 Å². The molecule has 0 aromatic heterocycles. The summed E-state index contributed by atoms with van der Waals surface area (Å²) < 4.78 is 8.55. The molecule has 0 fully saturated rings. The van der Waals surface area contributed by atoms with E-state index < -0.39 is 18.6 Å². The van der Waals surface area contributed by atoms with Gasteiger partial charge in [0.05, 0.1) is 0 Å². The van der Waals surface area contributed by atoms with Crippen LogP contribution < -0.4 is 323 Å². The zero-order valence-electron chi connectivity index (χ0n) is 14.1. The van der Waals surface area contributed by atoms with E-state index in [-0.39, 0.29) is 308 Å². The van der Waals surface area contributed by atoms with Crippen LogP contribution in [0.25, 0.3) is 0 Å². The molecule has 0 aromatic rings. The van der Waals surface area contributed by atoms with Crippen LogP contribution in [-0.2, 0) is 15.3 Å². The van der Waals surface area contributed by atoms with Crippen molar-refractivity contribution in [2.24, 2.45) is 0 Å². The minimum absolute atomic E-state index is 0. The maximum atomic E-state index is 8.58. The van der Waals surface area contributed by atoms with Gasteiger partial charge >= 0.3 is 380 Å². The molecular weight excluding hydrogens is 542 g/mol. The van der Waals surface area contributed by atoms with Crippen molar-refractivity contribution < 1.29 is 338 Å². The predicted octanol–water partition coefficient (Wildman–Crippen LogP) is -20.7. The number of nitriles is 6. The van der Waals surface area contributed by atoms with Crippen molar-refractivity contribution in [2.75, 3.05) is 0 Å². The van der Waals surface area contributed by atoms with Crippen LogP contribution in [0.1, 0.15) is 0 Å². The summed E-state index contributed by atoms with van der Waals surface area (Å²) in [4.78, 5) is 31.8. The van der Waals surface area contributed by atoms with Crippen LogP contribution in [0.15, 0.2) is 0 Å². The van der Waals surface area contributed by atoms with E-state index in [0.29, 0.717) is 0 Å². The van der Waals surface area contributed by atoms with E-state index in [1.165, 1.54) is 0 Å². The Morgan fingerprint density at radius 3 is 0.625 bits per heavy atom. The Balaban J connectivity index is -0.0000000347. The molecule has 97 valence electrons. The molecule has 10 nitrogen and oxygen atoms in total. The Kier molecular flexibility index (Phi) is 49.0. The first-order valence-corrected chi connectivity index (χ1v) is 7.91.